The first-order valence-electron chi connectivity index (χ1n) is 6.68. The molecule has 0 aliphatic carbocycles. The number of carbonyl (C=O) groups is 1. The average Bonchev–Trinajstić information content (AvgIpc) is 3.12. The third-order valence-electron chi connectivity index (χ3n) is 2.94. The summed E-state index contributed by atoms with van der Waals surface area (Å²) in [6, 6.07) is 5.71. The maximum Gasteiger partial charge on any atom is 0.230 e. The van der Waals surface area contributed by atoms with E-state index in [2.05, 4.69) is 38.0 Å². The number of halogens is 1. The van der Waals surface area contributed by atoms with Crippen LogP contribution >= 0.6 is 39.0 Å². The van der Waals surface area contributed by atoms with Crippen LogP contribution in [0.4, 0.5) is 5.13 Å². The topological polar surface area (TPSA) is 68.0 Å². The summed E-state index contributed by atoms with van der Waals surface area (Å²) in [6.45, 7) is 3.66. The molecule has 0 saturated heterocycles. The zero-order valence-corrected chi connectivity index (χ0v) is 15.1. The third kappa shape index (κ3) is 4.01. The number of carbonyl (C=O) groups excluding carboxylic acids is 1. The van der Waals surface area contributed by atoms with Gasteiger partial charge in [0, 0.05) is 21.2 Å². The number of nitrogens with one attached hydrogen (secondary N) is 1. The highest BCUT2D eigenvalue weighted by molar-refractivity contribution is 9.10. The van der Waals surface area contributed by atoms with Crippen molar-refractivity contribution in [2.75, 3.05) is 11.1 Å². The lowest BCUT2D eigenvalue weighted by molar-refractivity contribution is -0.115. The van der Waals surface area contributed by atoms with Crippen LogP contribution in [0.2, 0.25) is 0 Å². The van der Waals surface area contributed by atoms with Gasteiger partial charge in [-0.05, 0) is 18.2 Å². The summed E-state index contributed by atoms with van der Waals surface area (Å²) in [6.07, 6.45) is 3.63. The Labute approximate surface area is 149 Å². The van der Waals surface area contributed by atoms with Crippen molar-refractivity contribution in [3.8, 4) is 0 Å². The molecule has 3 aromatic rings. The van der Waals surface area contributed by atoms with Crippen LogP contribution in [0.3, 0.4) is 0 Å². The Balaban J connectivity index is 1.67. The van der Waals surface area contributed by atoms with Gasteiger partial charge in [0.1, 0.15) is 5.58 Å². The second kappa shape index (κ2) is 7.29. The van der Waals surface area contributed by atoms with Crippen LogP contribution in [0, 0.1) is 0 Å². The number of furan rings is 1. The van der Waals surface area contributed by atoms with Crippen LogP contribution in [-0.4, -0.2) is 21.9 Å². The number of rotatable bonds is 6. The molecule has 3 rings (SSSR count). The number of hydrogen-bond donors (Lipinski definition) is 1. The van der Waals surface area contributed by atoms with Crippen molar-refractivity contribution in [3.05, 3.63) is 47.2 Å². The van der Waals surface area contributed by atoms with Crippen molar-refractivity contribution < 1.29 is 9.21 Å². The molecule has 0 bridgehead atoms. The van der Waals surface area contributed by atoms with Crippen LogP contribution in [0.25, 0.3) is 11.0 Å². The van der Waals surface area contributed by atoms with Crippen molar-refractivity contribution in [1.82, 2.24) is 10.2 Å². The average molecular weight is 410 g/mol. The summed E-state index contributed by atoms with van der Waals surface area (Å²) in [5.74, 6) is 0.613. The maximum atomic E-state index is 12.2. The van der Waals surface area contributed by atoms with Gasteiger partial charge in [0.05, 0.1) is 12.7 Å². The fourth-order valence-electron chi connectivity index (χ4n) is 1.98. The number of aromatic nitrogens is 2. The SMILES string of the molecule is C=CCSc1nnc(NC(=O)Cc2coc3ccc(Br)cc23)s1. The predicted molar refractivity (Wildman–Crippen MR) is 97.1 cm³/mol. The van der Waals surface area contributed by atoms with Crippen molar-refractivity contribution in [1.29, 1.82) is 0 Å². The van der Waals surface area contributed by atoms with E-state index < -0.39 is 0 Å². The molecule has 0 radical (unpaired) electrons. The summed E-state index contributed by atoms with van der Waals surface area (Å²) in [7, 11) is 0. The first kappa shape index (κ1) is 16.2. The summed E-state index contributed by atoms with van der Waals surface area (Å²) >= 11 is 6.31. The monoisotopic (exact) mass is 409 g/mol. The van der Waals surface area contributed by atoms with Gasteiger partial charge in [-0.3, -0.25) is 4.79 Å². The van der Waals surface area contributed by atoms with Gasteiger partial charge < -0.3 is 9.73 Å². The zero-order chi connectivity index (χ0) is 16.2. The van der Waals surface area contributed by atoms with E-state index in [1.807, 2.05) is 18.2 Å². The van der Waals surface area contributed by atoms with E-state index in [0.717, 1.165) is 31.1 Å². The van der Waals surface area contributed by atoms with E-state index in [1.165, 1.54) is 23.1 Å². The largest absolute Gasteiger partial charge is 0.464 e. The third-order valence-corrected chi connectivity index (χ3v) is 5.41. The number of hydrogen-bond acceptors (Lipinski definition) is 6. The Morgan fingerprint density at radius 2 is 2.35 bits per heavy atom. The minimum absolute atomic E-state index is 0.149. The number of benzene rings is 1. The molecule has 0 fully saturated rings. The van der Waals surface area contributed by atoms with Crippen molar-refractivity contribution in [2.45, 2.75) is 10.8 Å². The van der Waals surface area contributed by atoms with Gasteiger partial charge in [0.2, 0.25) is 11.0 Å². The summed E-state index contributed by atoms with van der Waals surface area (Å²) in [5, 5.41) is 12.2. The molecule has 0 saturated carbocycles. The predicted octanol–water partition coefficient (Wildman–Crippen LogP) is 4.51. The maximum absolute atomic E-state index is 12.2. The molecule has 2 heterocycles. The zero-order valence-electron chi connectivity index (χ0n) is 11.9. The highest BCUT2D eigenvalue weighted by Crippen LogP contribution is 2.27. The minimum Gasteiger partial charge on any atom is -0.464 e. The van der Waals surface area contributed by atoms with E-state index >= 15 is 0 Å². The Morgan fingerprint density at radius 3 is 3.17 bits per heavy atom. The molecule has 0 aliphatic heterocycles. The fourth-order valence-corrected chi connectivity index (χ4v) is 3.87. The van der Waals surface area contributed by atoms with Crippen molar-refractivity contribution in [3.63, 3.8) is 0 Å². The summed E-state index contributed by atoms with van der Waals surface area (Å²) in [5.41, 5.74) is 1.60. The van der Waals surface area contributed by atoms with Crippen LogP contribution in [0.5, 0.6) is 0 Å². The lowest BCUT2D eigenvalue weighted by Gasteiger charge is -2.00. The molecule has 0 aliphatic rings. The summed E-state index contributed by atoms with van der Waals surface area (Å²) in [4.78, 5) is 12.2. The number of amides is 1. The van der Waals surface area contributed by atoms with Crippen LogP contribution in [0.1, 0.15) is 5.56 Å². The fraction of sp³-hybridized carbons (Fsp3) is 0.133. The second-order valence-corrected chi connectivity index (χ2v) is 7.76. The lowest BCUT2D eigenvalue weighted by Crippen LogP contribution is -2.13. The normalized spacial score (nSPS) is 10.8. The molecule has 118 valence electrons. The molecule has 0 unspecified atom stereocenters. The molecular formula is C15H12BrN3O2S2. The summed E-state index contributed by atoms with van der Waals surface area (Å²) < 4.78 is 7.21. The first-order valence-corrected chi connectivity index (χ1v) is 9.28. The standard InChI is InChI=1S/C15H12BrN3O2S2/c1-2-5-22-15-19-18-14(23-15)17-13(20)6-9-8-21-12-4-3-10(16)7-11(9)12/h2-4,7-8H,1,5-6H2,(H,17,18,20). The minimum atomic E-state index is -0.149. The first-order chi connectivity index (χ1) is 11.2. The molecule has 0 atom stereocenters. The van der Waals surface area contributed by atoms with E-state index in [4.69, 9.17) is 4.42 Å². The van der Waals surface area contributed by atoms with Crippen molar-refractivity contribution in [2.24, 2.45) is 0 Å². The molecule has 5 nitrogen and oxygen atoms in total. The number of fused-ring (bicyclic) bond motifs is 1. The van der Waals surface area contributed by atoms with Gasteiger partial charge in [-0.1, -0.05) is 45.1 Å². The van der Waals surface area contributed by atoms with E-state index in [0.29, 0.717) is 5.13 Å². The van der Waals surface area contributed by atoms with Gasteiger partial charge in [-0.2, -0.15) is 0 Å². The van der Waals surface area contributed by atoms with Gasteiger partial charge in [-0.15, -0.1) is 16.8 Å². The van der Waals surface area contributed by atoms with E-state index in [-0.39, 0.29) is 12.3 Å². The van der Waals surface area contributed by atoms with Gasteiger partial charge in [0.15, 0.2) is 4.34 Å². The van der Waals surface area contributed by atoms with Gasteiger partial charge in [-0.25, -0.2) is 0 Å². The quantitative estimate of drug-likeness (QED) is 0.368. The number of anilines is 1. The second-order valence-electron chi connectivity index (χ2n) is 4.60. The van der Waals surface area contributed by atoms with E-state index in [1.54, 1.807) is 12.3 Å². The Morgan fingerprint density at radius 1 is 1.48 bits per heavy atom. The molecule has 1 amide bonds. The number of thioether (sulfide) groups is 1. The van der Waals surface area contributed by atoms with Gasteiger partial charge >= 0.3 is 0 Å². The van der Waals surface area contributed by atoms with Crippen LogP contribution in [0.15, 0.2) is 50.3 Å². The van der Waals surface area contributed by atoms with Crippen LogP contribution in [-0.2, 0) is 11.2 Å². The highest BCUT2D eigenvalue weighted by atomic mass is 79.9. The lowest BCUT2D eigenvalue weighted by atomic mass is 10.1. The van der Waals surface area contributed by atoms with Crippen LogP contribution < -0.4 is 5.32 Å². The highest BCUT2D eigenvalue weighted by Gasteiger charge is 2.13. The van der Waals surface area contributed by atoms with Crippen molar-refractivity contribution >= 4 is 61.0 Å². The molecule has 1 N–H and O–H groups in total. The Kier molecular flexibility index (Phi) is 5.14. The molecule has 23 heavy (non-hydrogen) atoms. The molecule has 8 heteroatoms. The molecule has 0 spiro atoms. The number of nitrogens with zero attached hydrogens (tertiary/aromatic N) is 2. The molecule has 1 aromatic carbocycles. The van der Waals surface area contributed by atoms with E-state index in [9.17, 15) is 4.79 Å². The smallest absolute Gasteiger partial charge is 0.230 e. The molecule has 2 aromatic heterocycles. The Bertz CT molecular complexity index is 859. The van der Waals surface area contributed by atoms with Gasteiger partial charge in [0.25, 0.3) is 0 Å². The molecular weight excluding hydrogens is 398 g/mol. The Hall–Kier alpha value is -1.64.